The van der Waals surface area contributed by atoms with E-state index in [4.69, 9.17) is 9.47 Å². The molecule has 0 saturated heterocycles. The van der Waals surface area contributed by atoms with Gasteiger partial charge in [-0.3, -0.25) is 4.98 Å². The topological polar surface area (TPSA) is 61.3 Å². The first-order chi connectivity index (χ1) is 11.3. The fourth-order valence-electron chi connectivity index (χ4n) is 1.89. The average Bonchev–Trinajstić information content (AvgIpc) is 3.12. The lowest BCUT2D eigenvalue weighted by Crippen LogP contribution is -2.06. The highest BCUT2D eigenvalue weighted by Crippen LogP contribution is 2.16. The lowest BCUT2D eigenvalue weighted by molar-refractivity contribution is 0.0467. The summed E-state index contributed by atoms with van der Waals surface area (Å²) < 4.78 is 10.9. The Morgan fingerprint density at radius 2 is 2.00 bits per heavy atom. The van der Waals surface area contributed by atoms with Gasteiger partial charge in [0.15, 0.2) is 0 Å². The zero-order valence-corrected chi connectivity index (χ0v) is 13.0. The van der Waals surface area contributed by atoms with E-state index >= 15 is 0 Å². The molecule has 116 valence electrons. The highest BCUT2D eigenvalue weighted by Gasteiger charge is 2.09. The number of carbonyl (C=O) groups excluding carboxylic acids is 1. The summed E-state index contributed by atoms with van der Waals surface area (Å²) in [5.74, 6) is 0.194. The molecule has 0 fully saturated rings. The van der Waals surface area contributed by atoms with Crippen LogP contribution < -0.4 is 4.74 Å². The van der Waals surface area contributed by atoms with Crippen LogP contribution in [0.1, 0.15) is 21.7 Å². The van der Waals surface area contributed by atoms with Crippen LogP contribution in [0.4, 0.5) is 0 Å². The summed E-state index contributed by atoms with van der Waals surface area (Å²) in [5, 5.41) is 1.92. The van der Waals surface area contributed by atoms with Gasteiger partial charge in [0.25, 0.3) is 0 Å². The summed E-state index contributed by atoms with van der Waals surface area (Å²) in [4.78, 5) is 20.3. The van der Waals surface area contributed by atoms with Crippen molar-refractivity contribution in [3.05, 3.63) is 76.5 Å². The monoisotopic (exact) mass is 326 g/mol. The van der Waals surface area contributed by atoms with Gasteiger partial charge in [0, 0.05) is 11.6 Å². The van der Waals surface area contributed by atoms with Crippen molar-refractivity contribution in [1.29, 1.82) is 0 Å². The van der Waals surface area contributed by atoms with E-state index in [1.54, 1.807) is 42.0 Å². The number of ether oxygens (including phenoxy) is 2. The van der Waals surface area contributed by atoms with Gasteiger partial charge in [0.2, 0.25) is 0 Å². The first-order valence-corrected chi connectivity index (χ1v) is 7.92. The van der Waals surface area contributed by atoms with E-state index in [1.807, 2.05) is 17.5 Å². The number of nitrogens with zero attached hydrogens (tertiary/aromatic N) is 2. The Balaban J connectivity index is 1.58. The van der Waals surface area contributed by atoms with E-state index in [2.05, 4.69) is 9.97 Å². The van der Waals surface area contributed by atoms with Crippen LogP contribution in [0, 0.1) is 0 Å². The predicted octanol–water partition coefficient (Wildman–Crippen LogP) is 3.47. The summed E-state index contributed by atoms with van der Waals surface area (Å²) >= 11 is 1.52. The molecule has 2 aromatic heterocycles. The molecule has 3 rings (SSSR count). The molecule has 0 amide bonds. The zero-order valence-electron chi connectivity index (χ0n) is 12.2. The number of carbonyl (C=O) groups is 1. The van der Waals surface area contributed by atoms with Crippen molar-refractivity contribution in [1.82, 2.24) is 9.97 Å². The normalized spacial score (nSPS) is 10.3. The minimum absolute atomic E-state index is 0.142. The van der Waals surface area contributed by atoms with Gasteiger partial charge in [-0.2, -0.15) is 0 Å². The predicted molar refractivity (Wildman–Crippen MR) is 86.2 cm³/mol. The van der Waals surface area contributed by atoms with Crippen molar-refractivity contribution < 1.29 is 14.3 Å². The third-order valence-corrected chi connectivity index (χ3v) is 3.65. The number of esters is 1. The first kappa shape index (κ1) is 15.2. The molecule has 0 spiro atoms. The third kappa shape index (κ3) is 4.37. The Morgan fingerprint density at radius 1 is 1.04 bits per heavy atom. The Labute approximate surface area is 137 Å². The largest absolute Gasteiger partial charge is 0.487 e. The molecule has 2 heterocycles. The SMILES string of the molecule is O=C(OCc1ccccn1)c1cccc(OCc2cscn2)c1. The molecular formula is C17H14N2O3S. The van der Waals surface area contributed by atoms with Crippen molar-refractivity contribution in [3.8, 4) is 5.75 Å². The van der Waals surface area contributed by atoms with Crippen molar-refractivity contribution in [2.24, 2.45) is 0 Å². The molecule has 0 aliphatic carbocycles. The Kier molecular flexibility index (Phi) is 4.95. The molecule has 6 heteroatoms. The number of benzene rings is 1. The van der Waals surface area contributed by atoms with Crippen LogP contribution in [-0.4, -0.2) is 15.9 Å². The van der Waals surface area contributed by atoms with Crippen LogP contribution in [0.3, 0.4) is 0 Å². The lowest BCUT2D eigenvalue weighted by atomic mass is 10.2. The fourth-order valence-corrected chi connectivity index (χ4v) is 2.43. The van der Waals surface area contributed by atoms with E-state index in [0.29, 0.717) is 23.6 Å². The van der Waals surface area contributed by atoms with E-state index in [9.17, 15) is 4.79 Å². The number of rotatable bonds is 6. The molecule has 0 atom stereocenters. The molecule has 0 bridgehead atoms. The highest BCUT2D eigenvalue weighted by molar-refractivity contribution is 7.07. The molecule has 0 unspecified atom stereocenters. The lowest BCUT2D eigenvalue weighted by Gasteiger charge is -2.07. The van der Waals surface area contributed by atoms with Crippen LogP contribution in [0.15, 0.2) is 59.6 Å². The quantitative estimate of drug-likeness (QED) is 0.649. The standard InChI is InChI=1S/C17H14N2O3S/c20-17(22-9-14-5-1-2-7-18-14)13-4-3-6-16(8-13)21-10-15-11-23-12-19-15/h1-8,11-12H,9-10H2. The summed E-state index contributed by atoms with van der Waals surface area (Å²) in [6.45, 7) is 0.513. The molecule has 1 aromatic carbocycles. The van der Waals surface area contributed by atoms with Gasteiger partial charge in [-0.15, -0.1) is 11.3 Å². The second-order valence-corrected chi connectivity index (χ2v) is 5.41. The number of hydrogen-bond donors (Lipinski definition) is 0. The number of pyridine rings is 1. The molecule has 23 heavy (non-hydrogen) atoms. The van der Waals surface area contributed by atoms with Gasteiger partial charge >= 0.3 is 5.97 Å². The van der Waals surface area contributed by atoms with Crippen LogP contribution in [0.2, 0.25) is 0 Å². The van der Waals surface area contributed by atoms with Gasteiger partial charge < -0.3 is 9.47 Å². The Hall–Kier alpha value is -2.73. The highest BCUT2D eigenvalue weighted by atomic mass is 32.1. The molecule has 0 radical (unpaired) electrons. The third-order valence-electron chi connectivity index (χ3n) is 3.02. The second-order valence-electron chi connectivity index (χ2n) is 4.69. The van der Waals surface area contributed by atoms with Crippen LogP contribution >= 0.6 is 11.3 Å². The van der Waals surface area contributed by atoms with Crippen molar-refractivity contribution >= 4 is 17.3 Å². The minimum Gasteiger partial charge on any atom is -0.487 e. The number of aromatic nitrogens is 2. The Morgan fingerprint density at radius 3 is 2.78 bits per heavy atom. The second kappa shape index (κ2) is 7.51. The number of hydrogen-bond acceptors (Lipinski definition) is 6. The van der Waals surface area contributed by atoms with Gasteiger partial charge in [0.1, 0.15) is 19.0 Å². The molecule has 3 aromatic rings. The smallest absolute Gasteiger partial charge is 0.338 e. The molecule has 0 saturated carbocycles. The van der Waals surface area contributed by atoms with Crippen LogP contribution in [0.25, 0.3) is 0 Å². The zero-order chi connectivity index (χ0) is 15.9. The molecule has 5 nitrogen and oxygen atoms in total. The molecule has 0 aliphatic rings. The summed E-state index contributed by atoms with van der Waals surface area (Å²) in [7, 11) is 0. The minimum atomic E-state index is -0.408. The Bertz CT molecular complexity index is 761. The maximum atomic E-state index is 12.1. The van der Waals surface area contributed by atoms with Crippen molar-refractivity contribution in [2.45, 2.75) is 13.2 Å². The van der Waals surface area contributed by atoms with Crippen molar-refractivity contribution in [2.75, 3.05) is 0 Å². The van der Waals surface area contributed by atoms with E-state index in [1.165, 1.54) is 11.3 Å². The van der Waals surface area contributed by atoms with E-state index < -0.39 is 5.97 Å². The number of thiazole rings is 1. The van der Waals surface area contributed by atoms with Gasteiger partial charge in [-0.25, -0.2) is 9.78 Å². The van der Waals surface area contributed by atoms with Gasteiger partial charge in [-0.1, -0.05) is 12.1 Å². The van der Waals surface area contributed by atoms with Crippen molar-refractivity contribution in [3.63, 3.8) is 0 Å². The van der Waals surface area contributed by atoms with Gasteiger partial charge in [-0.05, 0) is 30.3 Å². The van der Waals surface area contributed by atoms with Crippen LogP contribution in [-0.2, 0) is 18.0 Å². The summed E-state index contributed by atoms with van der Waals surface area (Å²) in [6, 6.07) is 12.4. The summed E-state index contributed by atoms with van der Waals surface area (Å²) in [6.07, 6.45) is 1.66. The average molecular weight is 326 g/mol. The van der Waals surface area contributed by atoms with E-state index in [-0.39, 0.29) is 6.61 Å². The summed E-state index contributed by atoms with van der Waals surface area (Å²) in [5.41, 5.74) is 3.76. The van der Waals surface area contributed by atoms with E-state index in [0.717, 1.165) is 5.69 Å². The molecule has 0 aliphatic heterocycles. The van der Waals surface area contributed by atoms with Gasteiger partial charge in [0.05, 0.1) is 22.5 Å². The molecule has 0 N–H and O–H groups in total. The molecular weight excluding hydrogens is 312 g/mol. The maximum Gasteiger partial charge on any atom is 0.338 e. The fraction of sp³-hybridized carbons (Fsp3) is 0.118. The first-order valence-electron chi connectivity index (χ1n) is 6.98. The van der Waals surface area contributed by atoms with Crippen LogP contribution in [0.5, 0.6) is 5.75 Å². The maximum absolute atomic E-state index is 12.1.